The lowest BCUT2D eigenvalue weighted by atomic mass is 10.0. The average molecular weight is 317 g/mol. The average Bonchev–Trinajstić information content (AvgIpc) is 2.31. The molecule has 100 valence electrons. The second-order valence-electron chi connectivity index (χ2n) is 4.51. The molecule has 0 spiro atoms. The van der Waals surface area contributed by atoms with Crippen LogP contribution in [0.15, 0.2) is 22.7 Å². The van der Waals surface area contributed by atoms with Crippen LogP contribution >= 0.6 is 15.9 Å². The first kappa shape index (κ1) is 15.1. The van der Waals surface area contributed by atoms with Crippen LogP contribution in [0.2, 0.25) is 0 Å². The Kier molecular flexibility index (Phi) is 5.25. The predicted octanol–water partition coefficient (Wildman–Crippen LogP) is 3.00. The molecule has 6 heteroatoms. The van der Waals surface area contributed by atoms with Gasteiger partial charge in [0.1, 0.15) is 4.47 Å². The lowest BCUT2D eigenvalue weighted by Crippen LogP contribution is -2.40. The Hall–Kier alpha value is -0.980. The molecule has 2 N–H and O–H groups in total. The number of hydrogen-bond acceptors (Lipinski definition) is 4. The number of nitro benzene ring substituents is 1. The normalized spacial score (nSPS) is 14.2. The highest BCUT2D eigenvalue weighted by molar-refractivity contribution is 9.10. The molecule has 18 heavy (non-hydrogen) atoms. The van der Waals surface area contributed by atoms with Gasteiger partial charge in [-0.3, -0.25) is 10.1 Å². The molecule has 0 heterocycles. The summed E-state index contributed by atoms with van der Waals surface area (Å²) < 4.78 is 5.98. The Bertz CT molecular complexity index is 435. The molecule has 0 bridgehead atoms. The maximum Gasteiger partial charge on any atom is 0.283 e. The fourth-order valence-electron chi connectivity index (χ4n) is 1.31. The summed E-state index contributed by atoms with van der Waals surface area (Å²) in [4.78, 5) is 10.3. The van der Waals surface area contributed by atoms with E-state index in [4.69, 9.17) is 10.5 Å². The third-order valence-electron chi connectivity index (χ3n) is 2.75. The summed E-state index contributed by atoms with van der Waals surface area (Å²) in [7, 11) is 0. The first-order chi connectivity index (χ1) is 8.37. The van der Waals surface area contributed by atoms with Crippen LogP contribution in [-0.4, -0.2) is 17.1 Å². The van der Waals surface area contributed by atoms with Crippen LogP contribution in [0.25, 0.3) is 0 Å². The summed E-state index contributed by atoms with van der Waals surface area (Å²) in [5, 5.41) is 10.8. The number of halogens is 1. The van der Waals surface area contributed by atoms with Gasteiger partial charge >= 0.3 is 0 Å². The van der Waals surface area contributed by atoms with Crippen molar-refractivity contribution < 1.29 is 9.66 Å². The summed E-state index contributed by atoms with van der Waals surface area (Å²) in [5.41, 5.74) is 6.37. The van der Waals surface area contributed by atoms with E-state index in [-0.39, 0.29) is 11.2 Å². The molecular formula is C12H17BrN2O3. The molecule has 0 saturated heterocycles. The van der Waals surface area contributed by atoms with Gasteiger partial charge in [0.05, 0.1) is 18.1 Å². The summed E-state index contributed by atoms with van der Waals surface area (Å²) in [6.45, 7) is 4.62. The Morgan fingerprint density at radius 1 is 1.56 bits per heavy atom. The number of rotatable bonds is 6. The highest BCUT2D eigenvalue weighted by atomic mass is 79.9. The van der Waals surface area contributed by atoms with Gasteiger partial charge in [0.25, 0.3) is 5.69 Å². The topological polar surface area (TPSA) is 78.4 Å². The van der Waals surface area contributed by atoms with Crippen LogP contribution in [0.4, 0.5) is 5.69 Å². The van der Waals surface area contributed by atoms with Gasteiger partial charge in [-0.05, 0) is 34.8 Å². The molecule has 0 fully saturated rings. The SMILES string of the molecule is CCC(C)(N)COCc1cccc([N+](=O)[O-])c1Br. The van der Waals surface area contributed by atoms with Crippen LogP contribution in [0.1, 0.15) is 25.8 Å². The third kappa shape index (κ3) is 4.04. The highest BCUT2D eigenvalue weighted by Gasteiger charge is 2.18. The summed E-state index contributed by atoms with van der Waals surface area (Å²) in [6, 6.07) is 4.88. The molecule has 0 aliphatic rings. The van der Waals surface area contributed by atoms with E-state index in [0.717, 1.165) is 12.0 Å². The van der Waals surface area contributed by atoms with Crippen molar-refractivity contribution in [2.24, 2.45) is 5.73 Å². The van der Waals surface area contributed by atoms with E-state index in [1.807, 2.05) is 13.8 Å². The largest absolute Gasteiger partial charge is 0.375 e. The monoisotopic (exact) mass is 316 g/mol. The molecule has 0 amide bonds. The van der Waals surface area contributed by atoms with Gasteiger partial charge in [-0.2, -0.15) is 0 Å². The van der Waals surface area contributed by atoms with Gasteiger partial charge < -0.3 is 10.5 Å². The van der Waals surface area contributed by atoms with Crippen LogP contribution in [0.3, 0.4) is 0 Å². The van der Waals surface area contributed by atoms with E-state index in [9.17, 15) is 10.1 Å². The fraction of sp³-hybridized carbons (Fsp3) is 0.500. The zero-order chi connectivity index (χ0) is 13.8. The van der Waals surface area contributed by atoms with Gasteiger partial charge in [0.2, 0.25) is 0 Å². The lowest BCUT2D eigenvalue weighted by molar-refractivity contribution is -0.385. The summed E-state index contributed by atoms with van der Waals surface area (Å²) >= 11 is 3.23. The van der Waals surface area contributed by atoms with E-state index >= 15 is 0 Å². The van der Waals surface area contributed by atoms with Crippen molar-refractivity contribution in [1.29, 1.82) is 0 Å². The van der Waals surface area contributed by atoms with Crippen LogP contribution in [0, 0.1) is 10.1 Å². The van der Waals surface area contributed by atoms with Crippen molar-refractivity contribution in [3.8, 4) is 0 Å². The van der Waals surface area contributed by atoms with Gasteiger partial charge in [0, 0.05) is 11.6 Å². The molecule has 0 aliphatic carbocycles. The van der Waals surface area contributed by atoms with E-state index in [1.54, 1.807) is 12.1 Å². The highest BCUT2D eigenvalue weighted by Crippen LogP contribution is 2.28. The Labute approximate surface area is 115 Å². The van der Waals surface area contributed by atoms with Crippen molar-refractivity contribution in [2.45, 2.75) is 32.4 Å². The van der Waals surface area contributed by atoms with Gasteiger partial charge in [-0.1, -0.05) is 19.1 Å². The molecular weight excluding hydrogens is 300 g/mol. The van der Waals surface area contributed by atoms with Gasteiger partial charge in [-0.25, -0.2) is 0 Å². The fourth-order valence-corrected chi connectivity index (χ4v) is 1.84. The number of nitro groups is 1. The Morgan fingerprint density at radius 3 is 2.78 bits per heavy atom. The number of nitrogens with zero attached hydrogens (tertiary/aromatic N) is 1. The molecule has 1 unspecified atom stereocenters. The predicted molar refractivity (Wildman–Crippen MR) is 73.3 cm³/mol. The molecule has 1 aromatic rings. The first-order valence-corrected chi connectivity index (χ1v) is 6.45. The first-order valence-electron chi connectivity index (χ1n) is 5.66. The van der Waals surface area contributed by atoms with Crippen LogP contribution in [-0.2, 0) is 11.3 Å². The molecule has 1 aromatic carbocycles. The second kappa shape index (κ2) is 6.26. The summed E-state index contributed by atoms with van der Waals surface area (Å²) in [5.74, 6) is 0. The molecule has 0 aliphatic heterocycles. The summed E-state index contributed by atoms with van der Waals surface area (Å²) in [6.07, 6.45) is 0.809. The van der Waals surface area contributed by atoms with E-state index < -0.39 is 4.92 Å². The number of ether oxygens (including phenoxy) is 1. The van der Waals surface area contributed by atoms with E-state index in [1.165, 1.54) is 6.07 Å². The molecule has 5 nitrogen and oxygen atoms in total. The minimum Gasteiger partial charge on any atom is -0.375 e. The zero-order valence-electron chi connectivity index (χ0n) is 10.5. The maximum atomic E-state index is 10.8. The quantitative estimate of drug-likeness (QED) is 0.646. The maximum absolute atomic E-state index is 10.8. The van der Waals surface area contributed by atoms with E-state index in [0.29, 0.717) is 17.7 Å². The van der Waals surface area contributed by atoms with Gasteiger partial charge in [-0.15, -0.1) is 0 Å². The second-order valence-corrected chi connectivity index (χ2v) is 5.30. The number of benzene rings is 1. The van der Waals surface area contributed by atoms with Crippen molar-refractivity contribution in [3.05, 3.63) is 38.3 Å². The number of nitrogens with two attached hydrogens (primary N) is 1. The molecule has 0 aromatic heterocycles. The minimum absolute atomic E-state index is 0.0436. The van der Waals surface area contributed by atoms with Crippen molar-refractivity contribution in [1.82, 2.24) is 0 Å². The minimum atomic E-state index is -0.424. The van der Waals surface area contributed by atoms with Crippen LogP contribution < -0.4 is 5.73 Å². The standard InChI is InChI=1S/C12H17BrN2O3/c1-3-12(2,14)8-18-7-9-5-4-6-10(11(9)13)15(16)17/h4-6H,3,7-8,14H2,1-2H3. The lowest BCUT2D eigenvalue weighted by Gasteiger charge is -2.22. The number of hydrogen-bond donors (Lipinski definition) is 1. The van der Waals surface area contributed by atoms with Crippen LogP contribution in [0.5, 0.6) is 0 Å². The van der Waals surface area contributed by atoms with Crippen molar-refractivity contribution in [2.75, 3.05) is 6.61 Å². The smallest absolute Gasteiger partial charge is 0.283 e. The van der Waals surface area contributed by atoms with Gasteiger partial charge in [0.15, 0.2) is 0 Å². The zero-order valence-corrected chi connectivity index (χ0v) is 12.1. The molecule has 0 saturated carbocycles. The third-order valence-corrected chi connectivity index (χ3v) is 3.67. The molecule has 1 rings (SSSR count). The van der Waals surface area contributed by atoms with E-state index in [2.05, 4.69) is 15.9 Å². The van der Waals surface area contributed by atoms with Crippen molar-refractivity contribution in [3.63, 3.8) is 0 Å². The molecule has 1 atom stereocenters. The van der Waals surface area contributed by atoms with Crippen molar-refractivity contribution >= 4 is 21.6 Å². The Balaban J connectivity index is 2.69. The molecule has 0 radical (unpaired) electrons. The Morgan fingerprint density at radius 2 is 2.22 bits per heavy atom.